The van der Waals surface area contributed by atoms with Gasteiger partial charge in [-0.25, -0.2) is 8.42 Å². The Balaban J connectivity index is 1.54. The first-order valence-corrected chi connectivity index (χ1v) is 12.3. The summed E-state index contributed by atoms with van der Waals surface area (Å²) in [6.07, 6.45) is 1.33. The number of benzene rings is 1. The van der Waals surface area contributed by atoms with Crippen molar-refractivity contribution in [3.8, 4) is 0 Å². The van der Waals surface area contributed by atoms with E-state index in [2.05, 4.69) is 10.6 Å². The highest BCUT2D eigenvalue weighted by Crippen LogP contribution is 2.26. The number of nitrogens with zero attached hydrogens (tertiary/aromatic N) is 1. The van der Waals surface area contributed by atoms with Gasteiger partial charge in [-0.05, 0) is 42.0 Å². The Kier molecular flexibility index (Phi) is 7.27. The van der Waals surface area contributed by atoms with Crippen LogP contribution in [0.2, 0.25) is 0 Å². The molecule has 2 heterocycles. The molecule has 0 aliphatic carbocycles. The average molecular weight is 450 g/mol. The van der Waals surface area contributed by atoms with Gasteiger partial charge in [0.15, 0.2) is 0 Å². The fourth-order valence-electron chi connectivity index (χ4n) is 3.24. The Morgan fingerprint density at radius 2 is 1.93 bits per heavy atom. The molecule has 2 amide bonds. The molecule has 1 aliphatic rings. The third kappa shape index (κ3) is 5.47. The lowest BCUT2D eigenvalue weighted by molar-refractivity contribution is -0.126. The van der Waals surface area contributed by atoms with Crippen LogP contribution in [0.25, 0.3) is 0 Å². The molecule has 0 radical (unpaired) electrons. The fraction of sp³-hybridized carbons (Fsp3) is 0.429. The van der Waals surface area contributed by atoms with Crippen molar-refractivity contribution in [2.45, 2.75) is 37.4 Å². The lowest BCUT2D eigenvalue weighted by atomic mass is 9.99. The SMILES string of the molecule is CC(C)C(=O)Nc1ccc(CNC(=O)C2CCCN(S(=O)(=O)c3cccs3)C2)cc1. The number of carbonyl (C=O) groups is 2. The second-order valence-electron chi connectivity index (χ2n) is 7.69. The molecular weight excluding hydrogens is 422 g/mol. The molecule has 1 aliphatic heterocycles. The molecule has 1 fully saturated rings. The van der Waals surface area contributed by atoms with Gasteiger partial charge >= 0.3 is 0 Å². The zero-order valence-corrected chi connectivity index (χ0v) is 18.8. The molecule has 1 aromatic heterocycles. The summed E-state index contributed by atoms with van der Waals surface area (Å²) in [6, 6.07) is 10.6. The van der Waals surface area contributed by atoms with Crippen LogP contribution in [-0.4, -0.2) is 37.6 Å². The molecule has 0 bridgehead atoms. The highest BCUT2D eigenvalue weighted by atomic mass is 32.2. The van der Waals surface area contributed by atoms with E-state index < -0.39 is 10.0 Å². The summed E-state index contributed by atoms with van der Waals surface area (Å²) in [5, 5.41) is 7.47. The maximum atomic E-state index is 12.7. The van der Waals surface area contributed by atoms with Gasteiger partial charge in [0.25, 0.3) is 10.0 Å². The molecule has 1 unspecified atom stereocenters. The van der Waals surface area contributed by atoms with E-state index in [0.29, 0.717) is 35.8 Å². The maximum absolute atomic E-state index is 12.7. The molecule has 0 saturated carbocycles. The number of carbonyl (C=O) groups excluding carboxylic acids is 2. The van der Waals surface area contributed by atoms with Gasteiger partial charge in [0.05, 0.1) is 5.92 Å². The van der Waals surface area contributed by atoms with Crippen LogP contribution in [0.1, 0.15) is 32.3 Å². The summed E-state index contributed by atoms with van der Waals surface area (Å²) in [6.45, 7) is 4.65. The smallest absolute Gasteiger partial charge is 0.252 e. The summed E-state index contributed by atoms with van der Waals surface area (Å²) in [7, 11) is -3.54. The zero-order chi connectivity index (χ0) is 21.7. The first-order valence-electron chi connectivity index (χ1n) is 9.98. The summed E-state index contributed by atoms with van der Waals surface area (Å²) < 4.78 is 27.2. The number of nitrogens with one attached hydrogen (secondary N) is 2. The van der Waals surface area contributed by atoms with E-state index in [4.69, 9.17) is 0 Å². The molecule has 2 aromatic rings. The molecule has 30 heavy (non-hydrogen) atoms. The standard InChI is InChI=1S/C21H27N3O4S2/c1-15(2)20(25)23-18-9-7-16(8-10-18)13-22-21(26)17-5-3-11-24(14-17)30(27,28)19-6-4-12-29-19/h4,6-10,12,15,17H,3,5,11,13-14H2,1-2H3,(H,22,26)(H,23,25). The van der Waals surface area contributed by atoms with E-state index in [-0.39, 0.29) is 30.2 Å². The first-order chi connectivity index (χ1) is 14.3. The van der Waals surface area contributed by atoms with Crippen LogP contribution in [0.5, 0.6) is 0 Å². The van der Waals surface area contributed by atoms with Crippen molar-refractivity contribution in [1.29, 1.82) is 0 Å². The van der Waals surface area contributed by atoms with Gasteiger partial charge in [-0.1, -0.05) is 32.0 Å². The molecule has 1 saturated heterocycles. The molecule has 0 spiro atoms. The number of hydrogen-bond acceptors (Lipinski definition) is 5. The summed E-state index contributed by atoms with van der Waals surface area (Å²) >= 11 is 1.19. The predicted molar refractivity (Wildman–Crippen MR) is 118 cm³/mol. The Labute approximate surface area is 181 Å². The van der Waals surface area contributed by atoms with Crippen molar-refractivity contribution >= 4 is 38.9 Å². The third-order valence-corrected chi connectivity index (χ3v) is 8.29. The van der Waals surface area contributed by atoms with Crippen LogP contribution < -0.4 is 10.6 Å². The van der Waals surface area contributed by atoms with E-state index >= 15 is 0 Å². The number of thiophene rings is 1. The normalized spacial score (nSPS) is 17.6. The van der Waals surface area contributed by atoms with Gasteiger partial charge in [-0.2, -0.15) is 4.31 Å². The van der Waals surface area contributed by atoms with Crippen molar-refractivity contribution in [3.05, 3.63) is 47.3 Å². The Morgan fingerprint density at radius 3 is 2.57 bits per heavy atom. The van der Waals surface area contributed by atoms with Crippen LogP contribution >= 0.6 is 11.3 Å². The van der Waals surface area contributed by atoms with Crippen molar-refractivity contribution in [2.24, 2.45) is 11.8 Å². The number of rotatable bonds is 7. The lowest BCUT2D eigenvalue weighted by Crippen LogP contribution is -2.45. The van der Waals surface area contributed by atoms with E-state index in [1.165, 1.54) is 15.6 Å². The highest BCUT2D eigenvalue weighted by molar-refractivity contribution is 7.91. The highest BCUT2D eigenvalue weighted by Gasteiger charge is 2.33. The van der Waals surface area contributed by atoms with Gasteiger partial charge in [0, 0.05) is 31.2 Å². The van der Waals surface area contributed by atoms with Crippen LogP contribution in [0.15, 0.2) is 46.0 Å². The number of piperidine rings is 1. The predicted octanol–water partition coefficient (Wildman–Crippen LogP) is 3.06. The number of anilines is 1. The summed E-state index contributed by atoms with van der Waals surface area (Å²) in [5.41, 5.74) is 1.62. The fourth-order valence-corrected chi connectivity index (χ4v) is 5.91. The van der Waals surface area contributed by atoms with Gasteiger partial charge in [-0.15, -0.1) is 11.3 Å². The Bertz CT molecular complexity index is 970. The lowest BCUT2D eigenvalue weighted by Gasteiger charge is -2.30. The maximum Gasteiger partial charge on any atom is 0.252 e. The minimum Gasteiger partial charge on any atom is -0.352 e. The van der Waals surface area contributed by atoms with Gasteiger partial charge in [-0.3, -0.25) is 9.59 Å². The molecule has 1 aromatic carbocycles. The molecule has 9 heteroatoms. The molecule has 2 N–H and O–H groups in total. The van der Waals surface area contributed by atoms with E-state index in [9.17, 15) is 18.0 Å². The van der Waals surface area contributed by atoms with Crippen LogP contribution in [0.3, 0.4) is 0 Å². The van der Waals surface area contributed by atoms with Gasteiger partial charge < -0.3 is 10.6 Å². The summed E-state index contributed by atoms with van der Waals surface area (Å²) in [5.74, 6) is -0.644. The first kappa shape index (κ1) is 22.5. The van der Waals surface area contributed by atoms with Crippen molar-refractivity contribution < 1.29 is 18.0 Å². The van der Waals surface area contributed by atoms with Crippen LogP contribution in [0, 0.1) is 11.8 Å². The molecular formula is C21H27N3O4S2. The summed E-state index contributed by atoms with van der Waals surface area (Å²) in [4.78, 5) is 24.4. The molecule has 7 nitrogen and oxygen atoms in total. The minimum atomic E-state index is -3.54. The van der Waals surface area contributed by atoms with Crippen molar-refractivity contribution in [1.82, 2.24) is 9.62 Å². The molecule has 3 rings (SSSR count). The van der Waals surface area contributed by atoms with E-state index in [1.54, 1.807) is 29.6 Å². The molecule has 1 atom stereocenters. The number of amides is 2. The number of sulfonamides is 1. The quantitative estimate of drug-likeness (QED) is 0.679. The van der Waals surface area contributed by atoms with E-state index in [0.717, 1.165) is 5.56 Å². The second kappa shape index (κ2) is 9.72. The van der Waals surface area contributed by atoms with Gasteiger partial charge in [0.1, 0.15) is 4.21 Å². The topological polar surface area (TPSA) is 95.6 Å². The van der Waals surface area contributed by atoms with Crippen molar-refractivity contribution in [3.63, 3.8) is 0 Å². The Hall–Kier alpha value is -2.23. The monoisotopic (exact) mass is 449 g/mol. The van der Waals surface area contributed by atoms with E-state index in [1.807, 2.05) is 26.0 Å². The zero-order valence-electron chi connectivity index (χ0n) is 17.1. The average Bonchev–Trinajstić information content (AvgIpc) is 3.29. The van der Waals surface area contributed by atoms with Crippen LogP contribution in [-0.2, 0) is 26.2 Å². The number of hydrogen-bond donors (Lipinski definition) is 2. The van der Waals surface area contributed by atoms with Gasteiger partial charge in [0.2, 0.25) is 11.8 Å². The second-order valence-corrected chi connectivity index (χ2v) is 10.8. The Morgan fingerprint density at radius 1 is 1.20 bits per heavy atom. The van der Waals surface area contributed by atoms with Crippen LogP contribution in [0.4, 0.5) is 5.69 Å². The van der Waals surface area contributed by atoms with Crippen molar-refractivity contribution in [2.75, 3.05) is 18.4 Å². The largest absolute Gasteiger partial charge is 0.352 e. The molecule has 162 valence electrons. The minimum absolute atomic E-state index is 0.0459. The third-order valence-electron chi connectivity index (χ3n) is 5.06.